The van der Waals surface area contributed by atoms with Gasteiger partial charge < -0.3 is 15.7 Å². The summed E-state index contributed by atoms with van der Waals surface area (Å²) in [5, 5.41) is 14.7. The Labute approximate surface area is 135 Å². The molecule has 0 bridgehead atoms. The highest BCUT2D eigenvalue weighted by Gasteiger charge is 2.14. The summed E-state index contributed by atoms with van der Waals surface area (Å²) in [6, 6.07) is 11.7. The van der Waals surface area contributed by atoms with E-state index in [0.717, 1.165) is 11.3 Å². The third-order valence-corrected chi connectivity index (χ3v) is 3.72. The molecule has 4 nitrogen and oxygen atoms in total. The third-order valence-electron chi connectivity index (χ3n) is 3.72. The molecule has 0 saturated heterocycles. The molecule has 1 amide bonds. The molecule has 1 unspecified atom stereocenters. The van der Waals surface area contributed by atoms with E-state index < -0.39 is 0 Å². The molecular weight excluding hydrogens is 295 g/mol. The van der Waals surface area contributed by atoms with E-state index in [-0.39, 0.29) is 30.9 Å². The first-order chi connectivity index (χ1) is 11.0. The minimum Gasteiger partial charge on any atom is -0.395 e. The smallest absolute Gasteiger partial charge is 0.251 e. The molecule has 0 aliphatic carbocycles. The van der Waals surface area contributed by atoms with Crippen molar-refractivity contribution in [3.05, 3.63) is 65.0 Å². The van der Waals surface area contributed by atoms with E-state index in [9.17, 15) is 9.18 Å². The lowest BCUT2D eigenvalue weighted by atomic mass is 10.0. The van der Waals surface area contributed by atoms with Crippen LogP contribution in [-0.2, 0) is 0 Å². The molecule has 2 rings (SSSR count). The number of carbonyl (C=O) groups excluding carboxylic acids is 1. The van der Waals surface area contributed by atoms with Gasteiger partial charge >= 0.3 is 0 Å². The summed E-state index contributed by atoms with van der Waals surface area (Å²) in [5.74, 6) is -0.499. The molecule has 122 valence electrons. The lowest BCUT2D eigenvalue weighted by Crippen LogP contribution is -2.27. The van der Waals surface area contributed by atoms with Gasteiger partial charge in [-0.3, -0.25) is 4.79 Å². The lowest BCUT2D eigenvalue weighted by Gasteiger charge is -2.19. The van der Waals surface area contributed by atoms with Crippen molar-refractivity contribution in [3.8, 4) is 0 Å². The van der Waals surface area contributed by atoms with Gasteiger partial charge in [0.1, 0.15) is 5.82 Å². The van der Waals surface area contributed by atoms with Gasteiger partial charge in [0.15, 0.2) is 0 Å². The molecule has 5 heteroatoms. The van der Waals surface area contributed by atoms with Crippen molar-refractivity contribution in [2.24, 2.45) is 0 Å². The molecular formula is C18H21FN2O2. The number of rotatable bonds is 6. The van der Waals surface area contributed by atoms with Gasteiger partial charge in [-0.25, -0.2) is 4.39 Å². The first-order valence-electron chi connectivity index (χ1n) is 7.54. The van der Waals surface area contributed by atoms with Gasteiger partial charge in [0.05, 0.1) is 12.6 Å². The largest absolute Gasteiger partial charge is 0.395 e. The quantitative estimate of drug-likeness (QED) is 0.767. The fourth-order valence-corrected chi connectivity index (χ4v) is 2.44. The molecule has 0 aromatic heterocycles. The Morgan fingerprint density at radius 2 is 1.96 bits per heavy atom. The fourth-order valence-electron chi connectivity index (χ4n) is 2.44. The van der Waals surface area contributed by atoms with Crippen molar-refractivity contribution < 1.29 is 14.3 Å². The summed E-state index contributed by atoms with van der Waals surface area (Å²) in [6.45, 7) is 3.81. The molecule has 0 heterocycles. The first-order valence-corrected chi connectivity index (χ1v) is 7.54. The van der Waals surface area contributed by atoms with Gasteiger partial charge in [-0.15, -0.1) is 0 Å². The molecule has 3 N–H and O–H groups in total. The highest BCUT2D eigenvalue weighted by atomic mass is 19.1. The summed E-state index contributed by atoms with van der Waals surface area (Å²) >= 11 is 0. The van der Waals surface area contributed by atoms with Crippen LogP contribution in [0.15, 0.2) is 42.5 Å². The van der Waals surface area contributed by atoms with Crippen molar-refractivity contribution in [2.75, 3.05) is 18.5 Å². The second kappa shape index (κ2) is 7.74. The van der Waals surface area contributed by atoms with Gasteiger partial charge in [0.2, 0.25) is 0 Å². The highest BCUT2D eigenvalue weighted by Crippen LogP contribution is 2.25. The van der Waals surface area contributed by atoms with Crippen LogP contribution in [0.3, 0.4) is 0 Å². The van der Waals surface area contributed by atoms with Gasteiger partial charge in [0.25, 0.3) is 5.91 Å². The molecule has 0 aliphatic heterocycles. The van der Waals surface area contributed by atoms with E-state index in [1.807, 2.05) is 19.9 Å². The normalized spacial score (nSPS) is 11.8. The van der Waals surface area contributed by atoms with Crippen LogP contribution in [0.4, 0.5) is 10.1 Å². The summed E-state index contributed by atoms with van der Waals surface area (Å²) in [6.07, 6.45) is 0. The van der Waals surface area contributed by atoms with Crippen LogP contribution in [0.2, 0.25) is 0 Å². The predicted molar refractivity (Wildman–Crippen MR) is 89.0 cm³/mol. The Kier molecular flexibility index (Phi) is 5.71. The Hall–Kier alpha value is -2.40. The second-order valence-corrected chi connectivity index (χ2v) is 5.35. The van der Waals surface area contributed by atoms with E-state index >= 15 is 0 Å². The van der Waals surface area contributed by atoms with E-state index in [0.29, 0.717) is 11.1 Å². The highest BCUT2D eigenvalue weighted by molar-refractivity contribution is 5.97. The summed E-state index contributed by atoms with van der Waals surface area (Å²) < 4.78 is 13.9. The van der Waals surface area contributed by atoms with E-state index in [2.05, 4.69) is 10.6 Å². The molecule has 2 aromatic rings. The van der Waals surface area contributed by atoms with Gasteiger partial charge in [-0.1, -0.05) is 24.3 Å². The molecule has 0 fully saturated rings. The summed E-state index contributed by atoms with van der Waals surface area (Å²) in [5.41, 5.74) is 2.66. The Balaban J connectivity index is 2.21. The third kappa shape index (κ3) is 4.07. The van der Waals surface area contributed by atoms with Gasteiger partial charge in [-0.05, 0) is 37.6 Å². The van der Waals surface area contributed by atoms with Crippen LogP contribution in [-0.4, -0.2) is 24.2 Å². The zero-order valence-electron chi connectivity index (χ0n) is 13.3. The molecule has 1 atom stereocenters. The maximum atomic E-state index is 13.9. The fraction of sp³-hybridized carbons (Fsp3) is 0.278. The minimum atomic E-state index is -0.262. The number of aliphatic hydroxyl groups excluding tert-OH is 1. The molecule has 0 radical (unpaired) electrons. The van der Waals surface area contributed by atoms with Gasteiger partial charge in [0, 0.05) is 23.4 Å². The van der Waals surface area contributed by atoms with Crippen LogP contribution < -0.4 is 10.6 Å². The Bertz CT molecular complexity index is 688. The standard InChI is InChI=1S/C18H21FN2O2/c1-12-14(18(23)20-10-11-22)7-5-9-17(12)21-13(2)15-6-3-4-8-16(15)19/h3-9,13,21-22H,10-11H2,1-2H3,(H,20,23). The second-order valence-electron chi connectivity index (χ2n) is 5.35. The monoisotopic (exact) mass is 316 g/mol. The number of aliphatic hydroxyl groups is 1. The molecule has 23 heavy (non-hydrogen) atoms. The molecule has 2 aromatic carbocycles. The number of halogens is 1. The maximum absolute atomic E-state index is 13.9. The summed E-state index contributed by atoms with van der Waals surface area (Å²) in [7, 11) is 0. The lowest BCUT2D eigenvalue weighted by molar-refractivity contribution is 0.0944. The zero-order valence-corrected chi connectivity index (χ0v) is 13.3. The zero-order chi connectivity index (χ0) is 16.8. The van der Waals surface area contributed by atoms with Gasteiger partial charge in [-0.2, -0.15) is 0 Å². The number of amides is 1. The van der Waals surface area contributed by atoms with Crippen LogP contribution in [0.5, 0.6) is 0 Å². The van der Waals surface area contributed by atoms with Crippen molar-refractivity contribution in [1.29, 1.82) is 0 Å². The predicted octanol–water partition coefficient (Wildman–Crippen LogP) is 3.03. The van der Waals surface area contributed by atoms with Crippen LogP contribution in [0, 0.1) is 12.7 Å². The van der Waals surface area contributed by atoms with E-state index in [1.54, 1.807) is 30.3 Å². The number of hydrogen-bond donors (Lipinski definition) is 3. The molecule has 0 saturated carbocycles. The minimum absolute atomic E-state index is 0.104. The van der Waals surface area contributed by atoms with E-state index in [1.165, 1.54) is 6.07 Å². The topological polar surface area (TPSA) is 61.4 Å². The van der Waals surface area contributed by atoms with Crippen LogP contribution >= 0.6 is 0 Å². The molecule has 0 aliphatic rings. The van der Waals surface area contributed by atoms with E-state index in [4.69, 9.17) is 5.11 Å². The SMILES string of the molecule is Cc1c(NC(C)c2ccccc2F)cccc1C(=O)NCCO. The van der Waals surface area contributed by atoms with Crippen LogP contribution in [0.25, 0.3) is 0 Å². The first kappa shape index (κ1) is 17.0. The number of anilines is 1. The Morgan fingerprint density at radius 3 is 2.65 bits per heavy atom. The van der Waals surface area contributed by atoms with Crippen LogP contribution in [0.1, 0.15) is 34.5 Å². The number of benzene rings is 2. The maximum Gasteiger partial charge on any atom is 0.251 e. The van der Waals surface area contributed by atoms with Crippen molar-refractivity contribution >= 4 is 11.6 Å². The van der Waals surface area contributed by atoms with Crippen molar-refractivity contribution in [3.63, 3.8) is 0 Å². The number of nitrogens with one attached hydrogen (secondary N) is 2. The average molecular weight is 316 g/mol. The Morgan fingerprint density at radius 1 is 1.22 bits per heavy atom. The average Bonchev–Trinajstić information content (AvgIpc) is 2.54. The van der Waals surface area contributed by atoms with Crippen molar-refractivity contribution in [1.82, 2.24) is 5.32 Å². The number of hydrogen-bond acceptors (Lipinski definition) is 3. The number of carbonyl (C=O) groups is 1. The molecule has 0 spiro atoms. The van der Waals surface area contributed by atoms with Crippen molar-refractivity contribution in [2.45, 2.75) is 19.9 Å². The summed E-state index contributed by atoms with van der Waals surface area (Å²) in [4.78, 5) is 12.1.